The first-order valence-corrected chi connectivity index (χ1v) is 17.2. The Bertz CT molecular complexity index is 815. The SMILES string of the molecule is CCCCCCCC(F)C(=O)OC1CCC(c2ccc(C3CCC(OC(=O)C(F)CCCCCCC)CC3)cc2)CC1. The summed E-state index contributed by atoms with van der Waals surface area (Å²) < 4.78 is 39.6. The Morgan fingerprint density at radius 2 is 0.929 bits per heavy atom. The molecule has 238 valence electrons. The van der Waals surface area contributed by atoms with Gasteiger partial charge in [-0.15, -0.1) is 0 Å². The molecule has 0 heterocycles. The Kier molecular flexibility index (Phi) is 15.9. The summed E-state index contributed by atoms with van der Waals surface area (Å²) in [5, 5.41) is 0. The van der Waals surface area contributed by atoms with Gasteiger partial charge in [0, 0.05) is 0 Å². The van der Waals surface area contributed by atoms with Crippen LogP contribution in [0.5, 0.6) is 0 Å². The van der Waals surface area contributed by atoms with Crippen molar-refractivity contribution in [2.75, 3.05) is 0 Å². The van der Waals surface area contributed by atoms with E-state index in [2.05, 4.69) is 38.1 Å². The molecule has 0 spiro atoms. The minimum atomic E-state index is -1.50. The summed E-state index contributed by atoms with van der Waals surface area (Å²) in [6.45, 7) is 4.30. The number of halogens is 2. The van der Waals surface area contributed by atoms with E-state index in [1.54, 1.807) is 0 Å². The van der Waals surface area contributed by atoms with Gasteiger partial charge in [-0.05, 0) is 100 Å². The van der Waals surface area contributed by atoms with Crippen LogP contribution in [0.25, 0.3) is 0 Å². The highest BCUT2D eigenvalue weighted by Crippen LogP contribution is 2.38. The van der Waals surface area contributed by atoms with Crippen LogP contribution in [0.3, 0.4) is 0 Å². The molecule has 0 aromatic heterocycles. The van der Waals surface area contributed by atoms with Crippen molar-refractivity contribution in [2.45, 2.75) is 179 Å². The van der Waals surface area contributed by atoms with E-state index in [1.165, 1.54) is 11.1 Å². The second-order valence-corrected chi connectivity index (χ2v) is 12.8. The van der Waals surface area contributed by atoms with Gasteiger partial charge in [-0.2, -0.15) is 0 Å². The van der Waals surface area contributed by atoms with E-state index in [0.29, 0.717) is 11.8 Å². The van der Waals surface area contributed by atoms with E-state index in [9.17, 15) is 18.4 Å². The first kappa shape index (κ1) is 34.5. The van der Waals surface area contributed by atoms with Crippen LogP contribution in [0.15, 0.2) is 24.3 Å². The monoisotopic (exact) mass is 590 g/mol. The van der Waals surface area contributed by atoms with E-state index in [4.69, 9.17) is 9.47 Å². The van der Waals surface area contributed by atoms with Crippen LogP contribution in [-0.4, -0.2) is 36.5 Å². The Hall–Kier alpha value is -1.98. The lowest BCUT2D eigenvalue weighted by Crippen LogP contribution is -2.28. The first-order valence-electron chi connectivity index (χ1n) is 17.2. The standard InChI is InChI=1S/C36H56F2O4/c1-3-5-7-9-11-13-33(37)35(39)41-31-23-19-29(20-24-31)27-15-17-28(18-16-27)30-21-25-32(26-22-30)42-36(40)34(38)14-12-10-8-6-4-2/h15-18,29-34H,3-14,19-26H2,1-2H3. The van der Waals surface area contributed by atoms with Gasteiger partial charge < -0.3 is 9.47 Å². The van der Waals surface area contributed by atoms with Crippen LogP contribution in [0.1, 0.15) is 165 Å². The Labute approximate surface area is 253 Å². The van der Waals surface area contributed by atoms with Gasteiger partial charge >= 0.3 is 11.9 Å². The Balaban J connectivity index is 1.32. The fourth-order valence-electron chi connectivity index (χ4n) is 6.63. The number of carbonyl (C=O) groups is 2. The molecule has 2 aliphatic carbocycles. The third kappa shape index (κ3) is 12.0. The molecule has 6 heteroatoms. The Morgan fingerprint density at radius 1 is 0.595 bits per heavy atom. The molecule has 2 aliphatic rings. The van der Waals surface area contributed by atoms with Crippen LogP contribution in [-0.2, 0) is 19.1 Å². The Morgan fingerprint density at radius 3 is 1.26 bits per heavy atom. The molecule has 0 N–H and O–H groups in total. The summed E-state index contributed by atoms with van der Waals surface area (Å²) in [6, 6.07) is 8.90. The number of alkyl halides is 2. The van der Waals surface area contributed by atoms with Crippen molar-refractivity contribution in [1.29, 1.82) is 0 Å². The van der Waals surface area contributed by atoms with E-state index >= 15 is 0 Å². The fourth-order valence-corrected chi connectivity index (χ4v) is 6.63. The predicted molar refractivity (Wildman–Crippen MR) is 165 cm³/mol. The number of benzene rings is 1. The molecule has 0 radical (unpaired) electrons. The quantitative estimate of drug-likeness (QED) is 0.126. The zero-order valence-corrected chi connectivity index (χ0v) is 26.3. The van der Waals surface area contributed by atoms with E-state index in [0.717, 1.165) is 116 Å². The van der Waals surface area contributed by atoms with Gasteiger partial charge in [0.05, 0.1) is 0 Å². The maximum Gasteiger partial charge on any atom is 0.340 e. The lowest BCUT2D eigenvalue weighted by Gasteiger charge is -2.30. The summed E-state index contributed by atoms with van der Waals surface area (Å²) in [7, 11) is 0. The average molecular weight is 591 g/mol. The minimum Gasteiger partial charge on any atom is -0.460 e. The maximum absolute atomic E-state index is 14.3. The summed E-state index contributed by atoms with van der Waals surface area (Å²) in [5.41, 5.74) is 2.62. The van der Waals surface area contributed by atoms with Crippen molar-refractivity contribution in [3.63, 3.8) is 0 Å². The van der Waals surface area contributed by atoms with Crippen LogP contribution in [0, 0.1) is 0 Å². The third-order valence-electron chi connectivity index (χ3n) is 9.43. The molecule has 2 saturated carbocycles. The molecule has 0 bridgehead atoms. The number of carbonyl (C=O) groups excluding carboxylic acids is 2. The number of ether oxygens (including phenoxy) is 2. The van der Waals surface area contributed by atoms with Gasteiger partial charge in [-0.25, -0.2) is 18.4 Å². The molecule has 0 saturated heterocycles. The summed E-state index contributed by atoms with van der Waals surface area (Å²) in [4.78, 5) is 24.4. The van der Waals surface area contributed by atoms with E-state index in [1.807, 2.05) is 0 Å². The van der Waals surface area contributed by atoms with Crippen LogP contribution in [0.4, 0.5) is 8.78 Å². The largest absolute Gasteiger partial charge is 0.460 e. The van der Waals surface area contributed by atoms with Crippen LogP contribution < -0.4 is 0 Å². The zero-order chi connectivity index (χ0) is 30.2. The molecule has 4 nitrogen and oxygen atoms in total. The van der Waals surface area contributed by atoms with Crippen molar-refractivity contribution in [3.8, 4) is 0 Å². The van der Waals surface area contributed by atoms with E-state index < -0.39 is 24.3 Å². The molecule has 3 rings (SSSR count). The zero-order valence-electron chi connectivity index (χ0n) is 26.3. The van der Waals surface area contributed by atoms with Crippen LogP contribution in [0.2, 0.25) is 0 Å². The minimum absolute atomic E-state index is 0.172. The molecular formula is C36H56F2O4. The lowest BCUT2D eigenvalue weighted by molar-refractivity contribution is -0.157. The summed E-state index contributed by atoms with van der Waals surface area (Å²) in [6.07, 6.45) is 14.4. The molecule has 42 heavy (non-hydrogen) atoms. The number of unbranched alkanes of at least 4 members (excludes halogenated alkanes) is 8. The van der Waals surface area contributed by atoms with Gasteiger partial charge in [0.1, 0.15) is 12.2 Å². The molecular weight excluding hydrogens is 534 g/mol. The highest BCUT2D eigenvalue weighted by Gasteiger charge is 2.30. The molecule has 0 aliphatic heterocycles. The second-order valence-electron chi connectivity index (χ2n) is 12.8. The van der Waals surface area contributed by atoms with Crippen LogP contribution >= 0.6 is 0 Å². The average Bonchev–Trinajstić information content (AvgIpc) is 3.01. The summed E-state index contributed by atoms with van der Waals surface area (Å²) in [5.74, 6) is -0.483. The smallest absolute Gasteiger partial charge is 0.340 e. The number of hydrogen-bond donors (Lipinski definition) is 0. The lowest BCUT2D eigenvalue weighted by atomic mass is 9.80. The topological polar surface area (TPSA) is 52.6 Å². The van der Waals surface area contributed by atoms with Gasteiger partial charge in [0.2, 0.25) is 0 Å². The van der Waals surface area contributed by atoms with Gasteiger partial charge in [-0.1, -0.05) is 89.5 Å². The van der Waals surface area contributed by atoms with Gasteiger partial charge in [0.25, 0.3) is 0 Å². The molecule has 2 unspecified atom stereocenters. The molecule has 2 fully saturated rings. The summed E-state index contributed by atoms with van der Waals surface area (Å²) >= 11 is 0. The highest BCUT2D eigenvalue weighted by molar-refractivity contribution is 5.75. The molecule has 1 aromatic rings. The number of rotatable bonds is 18. The third-order valence-corrected chi connectivity index (χ3v) is 9.43. The van der Waals surface area contributed by atoms with E-state index in [-0.39, 0.29) is 25.0 Å². The number of esters is 2. The molecule has 1 aromatic carbocycles. The number of hydrogen-bond acceptors (Lipinski definition) is 4. The van der Waals surface area contributed by atoms with Gasteiger partial charge in [0.15, 0.2) is 12.3 Å². The normalized spacial score (nSPS) is 24.1. The maximum atomic E-state index is 14.3. The molecule has 2 atom stereocenters. The second kappa shape index (κ2) is 19.3. The highest BCUT2D eigenvalue weighted by atomic mass is 19.1. The van der Waals surface area contributed by atoms with Crippen molar-refractivity contribution in [1.82, 2.24) is 0 Å². The van der Waals surface area contributed by atoms with Crippen molar-refractivity contribution in [2.24, 2.45) is 0 Å². The van der Waals surface area contributed by atoms with Gasteiger partial charge in [-0.3, -0.25) is 0 Å². The predicted octanol–water partition coefficient (Wildman–Crippen LogP) is 10.2. The first-order chi connectivity index (χ1) is 20.4. The van der Waals surface area contributed by atoms with Crippen molar-refractivity contribution < 1.29 is 27.8 Å². The molecule has 0 amide bonds. The van der Waals surface area contributed by atoms with Crippen molar-refractivity contribution >= 4 is 11.9 Å². The van der Waals surface area contributed by atoms with Crippen molar-refractivity contribution in [3.05, 3.63) is 35.4 Å². The fraction of sp³-hybridized carbons (Fsp3) is 0.778.